The Balaban J connectivity index is 1.96. The van der Waals surface area contributed by atoms with Gasteiger partial charge in [-0.3, -0.25) is 4.79 Å². The van der Waals surface area contributed by atoms with Gasteiger partial charge in [0.15, 0.2) is 0 Å². The summed E-state index contributed by atoms with van der Waals surface area (Å²) in [5, 5.41) is 0. The van der Waals surface area contributed by atoms with Crippen molar-refractivity contribution in [3.05, 3.63) is 0 Å². The van der Waals surface area contributed by atoms with E-state index in [1.807, 2.05) is 0 Å². The minimum atomic E-state index is 0.282. The highest BCUT2D eigenvalue weighted by Crippen LogP contribution is 2.31. The molecule has 0 N–H and O–H groups in total. The molecule has 2 nitrogen and oxygen atoms in total. The van der Waals surface area contributed by atoms with E-state index in [2.05, 4.69) is 11.8 Å². The number of hydrogen-bond acceptors (Lipinski definition) is 1. The fourth-order valence-corrected chi connectivity index (χ4v) is 3.69. The van der Waals surface area contributed by atoms with Gasteiger partial charge in [0.25, 0.3) is 0 Å². The maximum atomic E-state index is 12.6. The quantitative estimate of drug-likeness (QED) is 0.699. The van der Waals surface area contributed by atoms with Crippen LogP contribution in [0.1, 0.15) is 58.3 Å². The molecule has 0 aromatic rings. The molecule has 3 heteroatoms. The van der Waals surface area contributed by atoms with Crippen LogP contribution in [0.5, 0.6) is 0 Å². The van der Waals surface area contributed by atoms with Crippen molar-refractivity contribution in [2.75, 3.05) is 12.4 Å². The Labute approximate surface area is 116 Å². The molecule has 1 atom stereocenters. The number of likely N-dealkylation sites (tertiary alicyclic amines) is 1. The zero-order valence-electron chi connectivity index (χ0n) is 11.5. The fraction of sp³-hybridized carbons (Fsp3) is 0.933. The molecule has 0 radical (unpaired) electrons. The van der Waals surface area contributed by atoms with Gasteiger partial charge in [0, 0.05) is 24.4 Å². The Kier molecular flexibility index (Phi) is 5.35. The maximum Gasteiger partial charge on any atom is 0.225 e. The van der Waals surface area contributed by atoms with Crippen molar-refractivity contribution in [1.82, 2.24) is 4.90 Å². The maximum absolute atomic E-state index is 12.6. The van der Waals surface area contributed by atoms with Crippen molar-refractivity contribution in [2.45, 2.75) is 64.3 Å². The second-order valence-electron chi connectivity index (χ2n) is 6.15. The summed E-state index contributed by atoms with van der Waals surface area (Å²) in [6, 6.07) is 0.293. The molecule has 2 rings (SSSR count). The molecule has 0 aromatic heterocycles. The fourth-order valence-electron chi connectivity index (χ4n) is 3.37. The summed E-state index contributed by atoms with van der Waals surface area (Å²) in [4.78, 5) is 14.8. The third kappa shape index (κ3) is 3.40. The van der Waals surface area contributed by atoms with Gasteiger partial charge in [0.05, 0.1) is 0 Å². The molecule has 1 aliphatic heterocycles. The number of hydrogen-bond donors (Lipinski definition) is 0. The Morgan fingerprint density at radius 3 is 2.50 bits per heavy atom. The number of halogens is 1. The van der Waals surface area contributed by atoms with Crippen LogP contribution >= 0.6 is 11.6 Å². The van der Waals surface area contributed by atoms with E-state index in [-0.39, 0.29) is 5.92 Å². The summed E-state index contributed by atoms with van der Waals surface area (Å²) in [5.41, 5.74) is 0. The average Bonchev–Trinajstić information content (AvgIpc) is 2.63. The second kappa shape index (κ2) is 6.79. The number of carbonyl (C=O) groups excluding carboxylic acids is 1. The molecule has 1 saturated carbocycles. The third-order valence-electron chi connectivity index (χ3n) is 4.70. The van der Waals surface area contributed by atoms with Crippen molar-refractivity contribution >= 4 is 17.5 Å². The molecule has 0 aromatic carbocycles. The zero-order valence-corrected chi connectivity index (χ0v) is 12.3. The number of amides is 1. The molecular weight excluding hydrogens is 246 g/mol. The van der Waals surface area contributed by atoms with Gasteiger partial charge in [-0.25, -0.2) is 0 Å². The van der Waals surface area contributed by atoms with E-state index in [0.717, 1.165) is 38.1 Å². The molecule has 1 unspecified atom stereocenters. The van der Waals surface area contributed by atoms with Gasteiger partial charge < -0.3 is 4.90 Å². The lowest BCUT2D eigenvalue weighted by molar-refractivity contribution is -0.138. The lowest BCUT2D eigenvalue weighted by Crippen LogP contribution is -2.45. The highest BCUT2D eigenvalue weighted by molar-refractivity contribution is 6.18. The predicted octanol–water partition coefficient (Wildman–Crippen LogP) is 3.82. The minimum absolute atomic E-state index is 0.282. The Morgan fingerprint density at radius 1 is 1.11 bits per heavy atom. The van der Waals surface area contributed by atoms with Crippen LogP contribution in [0.3, 0.4) is 0 Å². The second-order valence-corrected chi connectivity index (χ2v) is 6.45. The van der Waals surface area contributed by atoms with Crippen molar-refractivity contribution in [2.24, 2.45) is 11.8 Å². The van der Waals surface area contributed by atoms with Gasteiger partial charge in [0.1, 0.15) is 0 Å². The van der Waals surface area contributed by atoms with E-state index in [4.69, 9.17) is 11.6 Å². The van der Waals surface area contributed by atoms with Crippen molar-refractivity contribution in [3.63, 3.8) is 0 Å². The van der Waals surface area contributed by atoms with Crippen LogP contribution in [0.4, 0.5) is 0 Å². The van der Waals surface area contributed by atoms with Crippen LogP contribution in [0.2, 0.25) is 0 Å². The molecular formula is C15H26ClNO. The van der Waals surface area contributed by atoms with Gasteiger partial charge in [-0.15, -0.1) is 11.6 Å². The first-order valence-corrected chi connectivity index (χ1v) is 8.12. The van der Waals surface area contributed by atoms with E-state index >= 15 is 0 Å². The molecule has 1 amide bonds. The van der Waals surface area contributed by atoms with E-state index in [1.54, 1.807) is 0 Å². The normalized spacial score (nSPS) is 34.1. The van der Waals surface area contributed by atoms with Crippen molar-refractivity contribution in [1.29, 1.82) is 0 Å². The van der Waals surface area contributed by atoms with E-state index in [0.29, 0.717) is 17.8 Å². The lowest BCUT2D eigenvalue weighted by atomic mass is 9.82. The molecule has 0 spiro atoms. The van der Waals surface area contributed by atoms with Gasteiger partial charge in [0.2, 0.25) is 5.91 Å². The van der Waals surface area contributed by atoms with E-state index in [9.17, 15) is 4.79 Å². The van der Waals surface area contributed by atoms with Gasteiger partial charge in [-0.05, 0) is 44.4 Å². The summed E-state index contributed by atoms with van der Waals surface area (Å²) in [5.74, 6) is 2.09. The Bertz CT molecular complexity index is 274. The van der Waals surface area contributed by atoms with Crippen LogP contribution in [0, 0.1) is 11.8 Å². The van der Waals surface area contributed by atoms with Crippen LogP contribution in [0.25, 0.3) is 0 Å². The smallest absolute Gasteiger partial charge is 0.225 e. The van der Waals surface area contributed by atoms with Gasteiger partial charge >= 0.3 is 0 Å². The predicted molar refractivity (Wildman–Crippen MR) is 75.8 cm³/mol. The highest BCUT2D eigenvalue weighted by atomic mass is 35.5. The SMILES string of the molecule is CC1CCC(C(=O)N2CCCCCC2CCl)CC1. The molecule has 2 aliphatic rings. The first-order chi connectivity index (χ1) is 8.72. The summed E-state index contributed by atoms with van der Waals surface area (Å²) < 4.78 is 0. The summed E-state index contributed by atoms with van der Waals surface area (Å²) in [6.45, 7) is 3.23. The van der Waals surface area contributed by atoms with Crippen LogP contribution < -0.4 is 0 Å². The molecule has 18 heavy (non-hydrogen) atoms. The molecule has 0 bridgehead atoms. The van der Waals surface area contributed by atoms with Gasteiger partial charge in [-0.1, -0.05) is 19.8 Å². The Hall–Kier alpha value is -0.240. The van der Waals surface area contributed by atoms with Crippen LogP contribution in [0.15, 0.2) is 0 Å². The summed E-state index contributed by atoms with van der Waals surface area (Å²) in [7, 11) is 0. The zero-order chi connectivity index (χ0) is 13.0. The largest absolute Gasteiger partial charge is 0.338 e. The average molecular weight is 272 g/mol. The lowest BCUT2D eigenvalue weighted by Gasteiger charge is -2.34. The van der Waals surface area contributed by atoms with Crippen LogP contribution in [-0.2, 0) is 4.79 Å². The molecule has 104 valence electrons. The van der Waals surface area contributed by atoms with Crippen LogP contribution in [-0.4, -0.2) is 29.3 Å². The van der Waals surface area contributed by atoms with Crippen molar-refractivity contribution in [3.8, 4) is 0 Å². The minimum Gasteiger partial charge on any atom is -0.338 e. The monoisotopic (exact) mass is 271 g/mol. The third-order valence-corrected chi connectivity index (χ3v) is 5.06. The number of nitrogens with zero attached hydrogens (tertiary/aromatic N) is 1. The number of rotatable bonds is 2. The summed E-state index contributed by atoms with van der Waals surface area (Å²) >= 11 is 6.06. The molecule has 1 aliphatic carbocycles. The highest BCUT2D eigenvalue weighted by Gasteiger charge is 2.31. The van der Waals surface area contributed by atoms with Gasteiger partial charge in [-0.2, -0.15) is 0 Å². The molecule has 1 heterocycles. The number of alkyl halides is 1. The number of carbonyl (C=O) groups is 1. The standard InChI is InChI=1S/C15H26ClNO/c1-12-6-8-13(9-7-12)15(18)17-10-4-2-3-5-14(17)11-16/h12-14H,2-11H2,1H3. The van der Waals surface area contributed by atoms with E-state index < -0.39 is 0 Å². The summed E-state index contributed by atoms with van der Waals surface area (Å²) in [6.07, 6.45) is 9.34. The van der Waals surface area contributed by atoms with Crippen molar-refractivity contribution < 1.29 is 4.79 Å². The Morgan fingerprint density at radius 2 is 1.83 bits per heavy atom. The topological polar surface area (TPSA) is 20.3 Å². The molecule has 1 saturated heterocycles. The first-order valence-electron chi connectivity index (χ1n) is 7.58. The first kappa shape index (κ1) is 14.2. The van der Waals surface area contributed by atoms with E-state index in [1.165, 1.54) is 25.7 Å². The molecule has 2 fully saturated rings.